The van der Waals surface area contributed by atoms with Crippen LogP contribution in [-0.2, 0) is 5.75 Å². The summed E-state index contributed by atoms with van der Waals surface area (Å²) in [4.78, 5) is 15.4. The molecule has 9 heteroatoms. The average molecular weight is 464 g/mol. The lowest BCUT2D eigenvalue weighted by Gasteiger charge is -2.34. The summed E-state index contributed by atoms with van der Waals surface area (Å²) in [6, 6.07) is 11.6. The SMILES string of the molecule is CC(C)Oc1cc(C(=N)c2ccnc(N3CCN(SCc4ccccn4)CC3)c2)c(N)cn1. The minimum absolute atomic E-state index is 0.00327. The maximum atomic E-state index is 8.74. The summed E-state index contributed by atoms with van der Waals surface area (Å²) in [6.07, 6.45) is 5.13. The van der Waals surface area contributed by atoms with Crippen molar-refractivity contribution in [2.24, 2.45) is 0 Å². The topological polar surface area (TPSA) is 104 Å². The van der Waals surface area contributed by atoms with Crippen molar-refractivity contribution in [1.82, 2.24) is 19.3 Å². The first-order valence-corrected chi connectivity index (χ1v) is 11.9. The lowest BCUT2D eigenvalue weighted by atomic mass is 10.0. The first-order valence-electron chi connectivity index (χ1n) is 11.0. The molecule has 0 atom stereocenters. The lowest BCUT2D eigenvalue weighted by molar-refractivity contribution is 0.232. The van der Waals surface area contributed by atoms with Crippen molar-refractivity contribution >= 4 is 29.2 Å². The van der Waals surface area contributed by atoms with E-state index in [4.69, 9.17) is 15.9 Å². The summed E-state index contributed by atoms with van der Waals surface area (Å²) < 4.78 is 8.06. The molecule has 4 heterocycles. The molecule has 1 fully saturated rings. The van der Waals surface area contributed by atoms with E-state index in [2.05, 4.69) is 30.2 Å². The van der Waals surface area contributed by atoms with E-state index in [1.54, 1.807) is 18.5 Å². The second-order valence-corrected chi connectivity index (χ2v) is 9.13. The maximum Gasteiger partial charge on any atom is 0.214 e. The van der Waals surface area contributed by atoms with Gasteiger partial charge in [0, 0.05) is 55.8 Å². The smallest absolute Gasteiger partial charge is 0.214 e. The highest BCUT2D eigenvalue weighted by Gasteiger charge is 2.20. The molecule has 3 aromatic heterocycles. The van der Waals surface area contributed by atoms with Crippen molar-refractivity contribution < 1.29 is 4.74 Å². The van der Waals surface area contributed by atoms with E-state index in [9.17, 15) is 0 Å². The predicted octanol–water partition coefficient (Wildman–Crippen LogP) is 3.63. The van der Waals surface area contributed by atoms with E-state index in [0.29, 0.717) is 22.8 Å². The van der Waals surface area contributed by atoms with Crippen LogP contribution in [0.3, 0.4) is 0 Å². The van der Waals surface area contributed by atoms with Crippen LogP contribution in [0, 0.1) is 5.41 Å². The number of nitrogens with zero attached hydrogens (tertiary/aromatic N) is 5. The zero-order valence-electron chi connectivity index (χ0n) is 18.9. The van der Waals surface area contributed by atoms with E-state index in [-0.39, 0.29) is 6.10 Å². The lowest BCUT2D eigenvalue weighted by Crippen LogP contribution is -2.43. The molecule has 0 amide bonds. The Hall–Kier alpha value is -3.17. The van der Waals surface area contributed by atoms with Gasteiger partial charge in [-0.2, -0.15) is 0 Å². The number of hydrogen-bond acceptors (Lipinski definition) is 9. The highest BCUT2D eigenvalue weighted by atomic mass is 32.2. The molecule has 0 radical (unpaired) electrons. The van der Waals surface area contributed by atoms with Crippen LogP contribution >= 0.6 is 11.9 Å². The molecule has 0 saturated carbocycles. The van der Waals surface area contributed by atoms with Gasteiger partial charge in [0.15, 0.2) is 0 Å². The van der Waals surface area contributed by atoms with Crippen LogP contribution in [0.5, 0.6) is 5.88 Å². The van der Waals surface area contributed by atoms with Crippen molar-refractivity contribution in [3.63, 3.8) is 0 Å². The minimum Gasteiger partial charge on any atom is -0.475 e. The van der Waals surface area contributed by atoms with Gasteiger partial charge in [0.05, 0.1) is 35.1 Å². The van der Waals surface area contributed by atoms with Crippen molar-refractivity contribution in [2.75, 3.05) is 36.8 Å². The number of rotatable bonds is 8. The van der Waals surface area contributed by atoms with Crippen LogP contribution < -0.4 is 15.4 Å². The molecule has 8 nitrogen and oxygen atoms in total. The van der Waals surface area contributed by atoms with Gasteiger partial charge in [-0.3, -0.25) is 10.4 Å². The van der Waals surface area contributed by atoms with Crippen molar-refractivity contribution in [2.45, 2.75) is 25.7 Å². The number of aromatic nitrogens is 3. The highest BCUT2D eigenvalue weighted by molar-refractivity contribution is 7.96. The second-order valence-electron chi connectivity index (χ2n) is 8.06. The Bertz CT molecular complexity index is 1090. The van der Waals surface area contributed by atoms with Gasteiger partial charge in [0.2, 0.25) is 5.88 Å². The van der Waals surface area contributed by atoms with Crippen molar-refractivity contribution in [3.8, 4) is 5.88 Å². The molecule has 172 valence electrons. The zero-order valence-corrected chi connectivity index (χ0v) is 19.8. The fourth-order valence-corrected chi connectivity index (χ4v) is 4.47. The Kier molecular flexibility index (Phi) is 7.41. The zero-order chi connectivity index (χ0) is 23.2. The number of hydrogen-bond donors (Lipinski definition) is 2. The van der Waals surface area contributed by atoms with Crippen molar-refractivity contribution in [1.29, 1.82) is 5.41 Å². The van der Waals surface area contributed by atoms with Gasteiger partial charge >= 0.3 is 0 Å². The van der Waals surface area contributed by atoms with E-state index in [0.717, 1.165) is 49.0 Å². The Morgan fingerprint density at radius 2 is 1.91 bits per heavy atom. The van der Waals surface area contributed by atoms with E-state index >= 15 is 0 Å². The molecule has 0 aromatic carbocycles. The Morgan fingerprint density at radius 1 is 1.09 bits per heavy atom. The molecule has 1 aliphatic heterocycles. The van der Waals surface area contributed by atoms with Crippen LogP contribution in [-0.4, -0.2) is 57.3 Å². The first-order chi connectivity index (χ1) is 16.0. The number of piperazine rings is 1. The fourth-order valence-electron chi connectivity index (χ4n) is 3.56. The second kappa shape index (κ2) is 10.6. The third-order valence-electron chi connectivity index (χ3n) is 5.25. The molecule has 4 rings (SSSR count). The minimum atomic E-state index is -0.00327. The van der Waals surface area contributed by atoms with Crippen molar-refractivity contribution in [3.05, 3.63) is 71.8 Å². The maximum absolute atomic E-state index is 8.74. The molecule has 0 aliphatic carbocycles. The molecule has 0 bridgehead atoms. The van der Waals surface area contributed by atoms with Gasteiger partial charge in [-0.15, -0.1) is 0 Å². The van der Waals surface area contributed by atoms with E-state index < -0.39 is 0 Å². The quantitative estimate of drug-likeness (QED) is 0.386. The van der Waals surface area contributed by atoms with Crippen LogP contribution in [0.25, 0.3) is 0 Å². The molecule has 33 heavy (non-hydrogen) atoms. The molecule has 1 aliphatic rings. The Balaban J connectivity index is 1.40. The molecule has 3 aromatic rings. The van der Waals surface area contributed by atoms with Gasteiger partial charge in [0.1, 0.15) is 5.82 Å². The standard InChI is InChI=1S/C24H29N7OS/c1-17(2)32-23-14-20(21(25)15-29-23)24(26)18-6-8-28-22(13-18)30-9-11-31(12-10-30)33-16-19-5-3-4-7-27-19/h3-8,13-15,17,26H,9-12,16,25H2,1-2H3. The largest absolute Gasteiger partial charge is 0.475 e. The number of ether oxygens (including phenoxy) is 1. The summed E-state index contributed by atoms with van der Waals surface area (Å²) in [5, 5.41) is 8.74. The number of nitrogens with two attached hydrogens (primary N) is 1. The Morgan fingerprint density at radius 3 is 2.64 bits per heavy atom. The Labute approximate surface area is 198 Å². The summed E-state index contributed by atoms with van der Waals surface area (Å²) in [7, 11) is 0. The summed E-state index contributed by atoms with van der Waals surface area (Å²) in [5.74, 6) is 2.21. The van der Waals surface area contributed by atoms with Crippen LogP contribution in [0.2, 0.25) is 0 Å². The number of pyridine rings is 3. The van der Waals surface area contributed by atoms with Gasteiger partial charge in [-0.05, 0) is 38.1 Å². The highest BCUT2D eigenvalue weighted by Crippen LogP contribution is 2.24. The normalized spacial score (nSPS) is 14.5. The monoisotopic (exact) mass is 463 g/mol. The van der Waals surface area contributed by atoms with Crippen LogP contribution in [0.1, 0.15) is 30.7 Å². The number of anilines is 2. The number of nitrogens with one attached hydrogen (secondary N) is 1. The third kappa shape index (κ3) is 6.00. The predicted molar refractivity (Wildman–Crippen MR) is 134 cm³/mol. The van der Waals surface area contributed by atoms with Gasteiger partial charge in [0.25, 0.3) is 0 Å². The van der Waals surface area contributed by atoms with Gasteiger partial charge in [-0.1, -0.05) is 18.0 Å². The van der Waals surface area contributed by atoms with Crippen LogP contribution in [0.4, 0.5) is 11.5 Å². The first kappa shape index (κ1) is 23.0. The van der Waals surface area contributed by atoms with E-state index in [1.165, 1.54) is 0 Å². The molecular weight excluding hydrogens is 434 g/mol. The molecule has 1 saturated heterocycles. The average Bonchev–Trinajstić information content (AvgIpc) is 2.84. The van der Waals surface area contributed by atoms with Gasteiger partial charge in [-0.25, -0.2) is 14.3 Å². The summed E-state index contributed by atoms with van der Waals surface area (Å²) in [5.41, 5.74) is 9.37. The summed E-state index contributed by atoms with van der Waals surface area (Å²) in [6.45, 7) is 7.51. The molecular formula is C24H29N7OS. The van der Waals surface area contributed by atoms with E-state index in [1.807, 2.05) is 56.3 Å². The van der Waals surface area contributed by atoms with Crippen LogP contribution in [0.15, 0.2) is 55.0 Å². The third-order valence-corrected chi connectivity index (χ3v) is 6.41. The number of nitrogen functional groups attached to an aromatic ring is 1. The molecule has 3 N–H and O–H groups in total. The fraction of sp³-hybridized carbons (Fsp3) is 0.333. The molecule has 0 unspecified atom stereocenters. The van der Waals surface area contributed by atoms with Gasteiger partial charge < -0.3 is 15.4 Å². The molecule has 0 spiro atoms. The summed E-state index contributed by atoms with van der Waals surface area (Å²) >= 11 is 1.82.